The predicted octanol–water partition coefficient (Wildman–Crippen LogP) is 3.18. The van der Waals surface area contributed by atoms with E-state index < -0.39 is 0 Å². The summed E-state index contributed by atoms with van der Waals surface area (Å²) in [4.78, 5) is 2.61. The van der Waals surface area contributed by atoms with Crippen molar-refractivity contribution in [2.24, 2.45) is 5.92 Å². The molecule has 1 aliphatic heterocycles. The summed E-state index contributed by atoms with van der Waals surface area (Å²) in [5.74, 6) is 0.753. The molecule has 0 spiro atoms. The summed E-state index contributed by atoms with van der Waals surface area (Å²) in [7, 11) is 0. The topological polar surface area (TPSA) is 15.3 Å². The fourth-order valence-electron chi connectivity index (χ4n) is 3.33. The summed E-state index contributed by atoms with van der Waals surface area (Å²) in [6.45, 7) is 5.46. The molecule has 2 fully saturated rings. The molecule has 0 aromatic heterocycles. The fourth-order valence-corrected chi connectivity index (χ4v) is 3.33. The van der Waals surface area contributed by atoms with E-state index in [9.17, 15) is 4.39 Å². The molecular formula is C17H25FN2. The van der Waals surface area contributed by atoms with Crippen LogP contribution in [0.25, 0.3) is 0 Å². The molecule has 3 heteroatoms. The van der Waals surface area contributed by atoms with E-state index in [0.29, 0.717) is 12.1 Å². The minimum Gasteiger partial charge on any atom is -0.311 e. The van der Waals surface area contributed by atoms with Gasteiger partial charge in [-0.25, -0.2) is 4.39 Å². The highest BCUT2D eigenvalue weighted by molar-refractivity contribution is 5.16. The molecule has 0 radical (unpaired) electrons. The van der Waals surface area contributed by atoms with Crippen LogP contribution in [0.15, 0.2) is 24.3 Å². The Morgan fingerprint density at radius 1 is 1.25 bits per heavy atom. The predicted molar refractivity (Wildman–Crippen MR) is 80.0 cm³/mol. The van der Waals surface area contributed by atoms with Crippen LogP contribution >= 0.6 is 0 Å². The van der Waals surface area contributed by atoms with Gasteiger partial charge >= 0.3 is 0 Å². The van der Waals surface area contributed by atoms with Crippen molar-refractivity contribution in [3.8, 4) is 0 Å². The minimum absolute atomic E-state index is 0.143. The van der Waals surface area contributed by atoms with Crippen LogP contribution in [0.2, 0.25) is 0 Å². The third kappa shape index (κ3) is 3.39. The summed E-state index contributed by atoms with van der Waals surface area (Å²) < 4.78 is 13.0. The first-order valence-corrected chi connectivity index (χ1v) is 7.98. The summed E-state index contributed by atoms with van der Waals surface area (Å²) in [5, 5.41) is 3.74. The average Bonchev–Trinajstić information content (AvgIpc) is 3.28. The second kappa shape index (κ2) is 6.23. The molecule has 1 saturated carbocycles. The molecule has 2 aliphatic rings. The molecule has 110 valence electrons. The zero-order valence-corrected chi connectivity index (χ0v) is 12.3. The Morgan fingerprint density at radius 2 is 2.00 bits per heavy atom. The largest absolute Gasteiger partial charge is 0.311 e. The average molecular weight is 276 g/mol. The molecule has 1 N–H and O–H groups in total. The maximum absolute atomic E-state index is 13.0. The van der Waals surface area contributed by atoms with Crippen LogP contribution in [0.1, 0.15) is 38.2 Å². The summed E-state index contributed by atoms with van der Waals surface area (Å²) in [5.41, 5.74) is 1.23. The molecule has 2 unspecified atom stereocenters. The normalized spacial score (nSPS) is 27.7. The Hall–Kier alpha value is -0.930. The third-order valence-electron chi connectivity index (χ3n) is 4.68. The quantitative estimate of drug-likeness (QED) is 0.888. The van der Waals surface area contributed by atoms with Crippen molar-refractivity contribution in [1.29, 1.82) is 0 Å². The lowest BCUT2D eigenvalue weighted by molar-refractivity contribution is 0.108. The lowest BCUT2D eigenvalue weighted by atomic mass is 10.0. The first-order chi connectivity index (χ1) is 9.76. The van der Waals surface area contributed by atoms with Crippen molar-refractivity contribution in [1.82, 2.24) is 10.2 Å². The van der Waals surface area contributed by atoms with Crippen LogP contribution in [0.5, 0.6) is 0 Å². The van der Waals surface area contributed by atoms with E-state index in [1.54, 1.807) is 12.1 Å². The minimum atomic E-state index is -0.143. The van der Waals surface area contributed by atoms with Crippen LogP contribution in [0.4, 0.5) is 4.39 Å². The molecule has 20 heavy (non-hydrogen) atoms. The van der Waals surface area contributed by atoms with Gasteiger partial charge in [-0.2, -0.15) is 0 Å². The molecule has 1 aromatic rings. The van der Waals surface area contributed by atoms with Gasteiger partial charge in [0.15, 0.2) is 0 Å². The van der Waals surface area contributed by atoms with Crippen molar-refractivity contribution in [2.45, 2.75) is 51.2 Å². The summed E-state index contributed by atoms with van der Waals surface area (Å²) in [6, 6.07) is 8.29. The van der Waals surface area contributed by atoms with E-state index >= 15 is 0 Å². The van der Waals surface area contributed by atoms with Gasteiger partial charge in [0, 0.05) is 31.7 Å². The van der Waals surface area contributed by atoms with Gasteiger partial charge in [-0.05, 0) is 42.9 Å². The van der Waals surface area contributed by atoms with Crippen molar-refractivity contribution in [3.63, 3.8) is 0 Å². The Balaban J connectivity index is 1.66. The highest BCUT2D eigenvalue weighted by Gasteiger charge is 2.36. The maximum Gasteiger partial charge on any atom is 0.123 e. The van der Waals surface area contributed by atoms with Gasteiger partial charge < -0.3 is 5.32 Å². The number of hydrogen-bond acceptors (Lipinski definition) is 2. The van der Waals surface area contributed by atoms with Gasteiger partial charge in [0.1, 0.15) is 5.82 Å². The van der Waals surface area contributed by atoms with Gasteiger partial charge in [0.05, 0.1) is 0 Å². The van der Waals surface area contributed by atoms with Crippen LogP contribution < -0.4 is 5.32 Å². The van der Waals surface area contributed by atoms with Crippen molar-refractivity contribution < 1.29 is 4.39 Å². The van der Waals surface area contributed by atoms with Gasteiger partial charge in [-0.1, -0.05) is 25.5 Å². The number of rotatable bonds is 5. The van der Waals surface area contributed by atoms with Gasteiger partial charge in [-0.15, -0.1) is 0 Å². The first kappa shape index (κ1) is 14.0. The number of nitrogens with zero attached hydrogens (tertiary/aromatic N) is 1. The second-order valence-electron chi connectivity index (χ2n) is 6.35. The molecule has 1 heterocycles. The summed E-state index contributed by atoms with van der Waals surface area (Å²) >= 11 is 0. The number of nitrogens with one attached hydrogen (secondary N) is 1. The Morgan fingerprint density at radius 3 is 2.65 bits per heavy atom. The SMILES string of the molecule is CCCC1CNC(C2CC2)CN1Cc1ccc(F)cc1. The molecule has 1 aromatic carbocycles. The number of halogens is 1. The van der Waals surface area contributed by atoms with Gasteiger partial charge in [-0.3, -0.25) is 4.90 Å². The molecule has 1 aliphatic carbocycles. The standard InChI is InChI=1S/C17H25FN2/c1-2-3-16-10-19-17(14-6-7-14)12-20(16)11-13-4-8-15(18)9-5-13/h4-5,8-9,14,16-17,19H,2-3,6-7,10-12H2,1H3. The fraction of sp³-hybridized carbons (Fsp3) is 0.647. The summed E-state index contributed by atoms with van der Waals surface area (Å²) in [6.07, 6.45) is 5.24. The van der Waals surface area contributed by atoms with E-state index in [-0.39, 0.29) is 5.82 Å². The Kier molecular flexibility index (Phi) is 4.37. The van der Waals surface area contributed by atoms with Gasteiger partial charge in [0.25, 0.3) is 0 Å². The van der Waals surface area contributed by atoms with Crippen LogP contribution in [0, 0.1) is 11.7 Å². The molecule has 0 bridgehead atoms. The van der Waals surface area contributed by atoms with E-state index in [0.717, 1.165) is 25.6 Å². The number of piperazine rings is 1. The van der Waals surface area contributed by atoms with Crippen molar-refractivity contribution in [3.05, 3.63) is 35.6 Å². The smallest absolute Gasteiger partial charge is 0.123 e. The van der Waals surface area contributed by atoms with Crippen LogP contribution in [-0.2, 0) is 6.54 Å². The monoisotopic (exact) mass is 276 g/mol. The highest BCUT2D eigenvalue weighted by Crippen LogP contribution is 2.34. The lowest BCUT2D eigenvalue weighted by Crippen LogP contribution is -2.56. The molecule has 2 nitrogen and oxygen atoms in total. The zero-order valence-electron chi connectivity index (χ0n) is 12.3. The van der Waals surface area contributed by atoms with Crippen LogP contribution in [-0.4, -0.2) is 30.1 Å². The molecule has 2 atom stereocenters. The van der Waals surface area contributed by atoms with Gasteiger partial charge in [0.2, 0.25) is 0 Å². The highest BCUT2D eigenvalue weighted by atomic mass is 19.1. The van der Waals surface area contributed by atoms with Crippen LogP contribution in [0.3, 0.4) is 0 Å². The molecule has 3 rings (SSSR count). The van der Waals surface area contributed by atoms with E-state index in [4.69, 9.17) is 0 Å². The Labute approximate surface area is 121 Å². The Bertz CT molecular complexity index is 427. The van der Waals surface area contributed by atoms with Crippen molar-refractivity contribution >= 4 is 0 Å². The van der Waals surface area contributed by atoms with E-state index in [1.807, 2.05) is 12.1 Å². The first-order valence-electron chi connectivity index (χ1n) is 7.98. The molecule has 0 amide bonds. The lowest BCUT2D eigenvalue weighted by Gasteiger charge is -2.41. The van der Waals surface area contributed by atoms with Crippen molar-refractivity contribution in [2.75, 3.05) is 13.1 Å². The molecular weight excluding hydrogens is 251 g/mol. The van der Waals surface area contributed by atoms with E-state index in [1.165, 1.54) is 31.2 Å². The molecule has 1 saturated heterocycles. The number of hydrogen-bond donors (Lipinski definition) is 1. The maximum atomic E-state index is 13.0. The third-order valence-corrected chi connectivity index (χ3v) is 4.68. The zero-order chi connectivity index (χ0) is 13.9. The van der Waals surface area contributed by atoms with E-state index in [2.05, 4.69) is 17.1 Å². The number of benzene rings is 1. The second-order valence-corrected chi connectivity index (χ2v) is 6.35.